The number of allylic oxidation sites excluding steroid dienone is 2. The van der Waals surface area contributed by atoms with Crippen molar-refractivity contribution in [2.75, 3.05) is 0 Å². The van der Waals surface area contributed by atoms with E-state index >= 15 is 0 Å². The Balaban J connectivity index is 1.88. The van der Waals surface area contributed by atoms with Gasteiger partial charge in [-0.1, -0.05) is 18.2 Å². The number of hydrogen-bond donors (Lipinski definition) is 0. The van der Waals surface area contributed by atoms with Gasteiger partial charge in [0, 0.05) is 28.9 Å². The molecular weight excluding hydrogens is 288 g/mol. The van der Waals surface area contributed by atoms with E-state index in [9.17, 15) is 0 Å². The Hall–Kier alpha value is -2.26. The van der Waals surface area contributed by atoms with Crippen molar-refractivity contribution in [2.45, 2.75) is 18.8 Å². The molecule has 0 saturated heterocycles. The lowest BCUT2D eigenvalue weighted by Crippen LogP contribution is -2.01. The maximum absolute atomic E-state index is 4.62. The lowest BCUT2D eigenvalue weighted by Gasteiger charge is -2.15. The molecule has 0 radical (unpaired) electrons. The quantitative estimate of drug-likeness (QED) is 0.678. The summed E-state index contributed by atoms with van der Waals surface area (Å²) >= 11 is 1.81. The first-order chi connectivity index (χ1) is 10.9. The molecule has 22 heavy (non-hydrogen) atoms. The molecule has 3 aromatic heterocycles. The maximum Gasteiger partial charge on any atom is 0.0671 e. The first-order valence-corrected chi connectivity index (χ1v) is 8.40. The minimum absolute atomic E-state index is 0.341. The van der Waals surface area contributed by atoms with Crippen LogP contribution in [0.3, 0.4) is 0 Å². The highest BCUT2D eigenvalue weighted by atomic mass is 32.1. The number of nitrogens with zero attached hydrogens (tertiary/aromatic N) is 2. The summed E-state index contributed by atoms with van der Waals surface area (Å²) in [4.78, 5) is 10.6. The fourth-order valence-corrected chi connectivity index (χ4v) is 4.03. The molecule has 0 fully saturated rings. The first-order valence-electron chi connectivity index (χ1n) is 7.53. The fourth-order valence-electron chi connectivity index (χ4n) is 3.22. The smallest absolute Gasteiger partial charge is 0.0671 e. The summed E-state index contributed by atoms with van der Waals surface area (Å²) in [7, 11) is 0. The number of rotatable bonds is 3. The molecule has 1 atom stereocenters. The Labute approximate surface area is 134 Å². The molecule has 1 unspecified atom stereocenters. The van der Waals surface area contributed by atoms with Crippen LogP contribution in [0, 0.1) is 0 Å². The maximum atomic E-state index is 4.62. The normalized spacial score (nSPS) is 17.9. The topological polar surface area (TPSA) is 25.8 Å². The average molecular weight is 304 g/mol. The van der Waals surface area contributed by atoms with Crippen molar-refractivity contribution in [1.82, 2.24) is 9.97 Å². The number of hydrogen-bond acceptors (Lipinski definition) is 3. The molecule has 0 aliphatic heterocycles. The van der Waals surface area contributed by atoms with Crippen molar-refractivity contribution < 1.29 is 0 Å². The molecule has 0 aromatic carbocycles. The van der Waals surface area contributed by atoms with Gasteiger partial charge in [0.1, 0.15) is 0 Å². The summed E-state index contributed by atoms with van der Waals surface area (Å²) in [5, 5.41) is 2.15. The predicted molar refractivity (Wildman–Crippen MR) is 91.6 cm³/mol. The van der Waals surface area contributed by atoms with E-state index in [0.29, 0.717) is 5.92 Å². The SMILES string of the molecule is c1ccc(C2=C(c3cccs3)CCC2c2ccccn2)nc1. The van der Waals surface area contributed by atoms with Crippen molar-refractivity contribution in [3.8, 4) is 0 Å². The van der Waals surface area contributed by atoms with Crippen LogP contribution in [0.2, 0.25) is 0 Å². The molecule has 0 bridgehead atoms. The zero-order valence-electron chi connectivity index (χ0n) is 12.1. The van der Waals surface area contributed by atoms with Gasteiger partial charge >= 0.3 is 0 Å². The summed E-state index contributed by atoms with van der Waals surface area (Å²) in [5.74, 6) is 0.341. The van der Waals surface area contributed by atoms with Gasteiger partial charge in [0.2, 0.25) is 0 Å². The van der Waals surface area contributed by atoms with Gasteiger partial charge in [-0.2, -0.15) is 0 Å². The summed E-state index contributed by atoms with van der Waals surface area (Å²) in [5.41, 5.74) is 5.01. The van der Waals surface area contributed by atoms with Gasteiger partial charge < -0.3 is 0 Å². The molecule has 0 spiro atoms. The largest absolute Gasteiger partial charge is 0.261 e. The fraction of sp³-hybridized carbons (Fsp3) is 0.158. The van der Waals surface area contributed by atoms with Crippen LogP contribution in [-0.2, 0) is 0 Å². The molecule has 3 heterocycles. The molecule has 2 nitrogen and oxygen atoms in total. The number of pyridine rings is 2. The highest BCUT2D eigenvalue weighted by Gasteiger charge is 2.30. The second kappa shape index (κ2) is 5.85. The van der Waals surface area contributed by atoms with E-state index in [1.54, 1.807) is 0 Å². The Morgan fingerprint density at radius 1 is 0.909 bits per heavy atom. The van der Waals surface area contributed by atoms with Crippen molar-refractivity contribution in [1.29, 1.82) is 0 Å². The Morgan fingerprint density at radius 2 is 1.77 bits per heavy atom. The molecular formula is C19H16N2S. The summed E-state index contributed by atoms with van der Waals surface area (Å²) in [6.45, 7) is 0. The zero-order valence-corrected chi connectivity index (χ0v) is 13.0. The standard InChI is InChI=1S/C19H16N2S/c1-3-11-20-16(6-1)14-9-10-15(18-8-5-13-22-18)19(14)17-7-2-4-12-21-17/h1-8,11-14H,9-10H2. The van der Waals surface area contributed by atoms with E-state index in [1.165, 1.54) is 16.0 Å². The first kappa shape index (κ1) is 13.4. The van der Waals surface area contributed by atoms with Crippen LogP contribution in [-0.4, -0.2) is 9.97 Å². The van der Waals surface area contributed by atoms with E-state index in [0.717, 1.165) is 24.2 Å². The average Bonchev–Trinajstić information content (AvgIpc) is 3.25. The summed E-state index contributed by atoms with van der Waals surface area (Å²) in [6.07, 6.45) is 5.96. The van der Waals surface area contributed by atoms with Crippen LogP contribution in [0.15, 0.2) is 66.3 Å². The van der Waals surface area contributed by atoms with Crippen LogP contribution >= 0.6 is 11.3 Å². The van der Waals surface area contributed by atoms with Crippen molar-refractivity contribution in [3.05, 3.63) is 82.6 Å². The third kappa shape index (κ3) is 2.38. The van der Waals surface area contributed by atoms with Crippen LogP contribution in [0.25, 0.3) is 11.1 Å². The molecule has 3 heteroatoms. The molecule has 0 N–H and O–H groups in total. The molecule has 1 aliphatic rings. The van der Waals surface area contributed by atoms with Gasteiger partial charge in [-0.15, -0.1) is 11.3 Å². The molecule has 3 aromatic rings. The molecule has 4 rings (SSSR count). The number of aromatic nitrogens is 2. The molecule has 1 aliphatic carbocycles. The summed E-state index contributed by atoms with van der Waals surface area (Å²) < 4.78 is 0. The number of thiophene rings is 1. The van der Waals surface area contributed by atoms with E-state index in [1.807, 2.05) is 35.9 Å². The van der Waals surface area contributed by atoms with Gasteiger partial charge in [-0.25, -0.2) is 0 Å². The van der Waals surface area contributed by atoms with Gasteiger partial charge in [-0.3, -0.25) is 9.97 Å². The van der Waals surface area contributed by atoms with E-state index in [2.05, 4.69) is 51.7 Å². The Morgan fingerprint density at radius 3 is 2.45 bits per heavy atom. The lowest BCUT2D eigenvalue weighted by atomic mass is 9.93. The second-order valence-electron chi connectivity index (χ2n) is 5.43. The van der Waals surface area contributed by atoms with Crippen LogP contribution in [0.4, 0.5) is 0 Å². The van der Waals surface area contributed by atoms with Gasteiger partial charge in [0.05, 0.1) is 5.69 Å². The predicted octanol–water partition coefficient (Wildman–Crippen LogP) is 5.03. The van der Waals surface area contributed by atoms with Crippen molar-refractivity contribution >= 4 is 22.5 Å². The second-order valence-corrected chi connectivity index (χ2v) is 6.38. The Kier molecular flexibility index (Phi) is 3.57. The van der Waals surface area contributed by atoms with E-state index < -0.39 is 0 Å². The van der Waals surface area contributed by atoms with E-state index in [-0.39, 0.29) is 0 Å². The highest BCUT2D eigenvalue weighted by molar-refractivity contribution is 7.11. The summed E-state index contributed by atoms with van der Waals surface area (Å²) in [6, 6.07) is 16.7. The van der Waals surface area contributed by atoms with Crippen molar-refractivity contribution in [2.24, 2.45) is 0 Å². The highest BCUT2D eigenvalue weighted by Crippen LogP contribution is 2.48. The van der Waals surface area contributed by atoms with Gasteiger partial charge in [0.15, 0.2) is 0 Å². The van der Waals surface area contributed by atoms with Crippen LogP contribution in [0.5, 0.6) is 0 Å². The van der Waals surface area contributed by atoms with Crippen LogP contribution in [0.1, 0.15) is 35.0 Å². The monoisotopic (exact) mass is 304 g/mol. The molecule has 108 valence electrons. The lowest BCUT2D eigenvalue weighted by molar-refractivity contribution is 0.784. The Bertz CT molecular complexity index is 777. The minimum atomic E-state index is 0.341. The zero-order chi connectivity index (χ0) is 14.8. The third-order valence-corrected chi connectivity index (χ3v) is 5.09. The van der Waals surface area contributed by atoms with Gasteiger partial charge in [0.25, 0.3) is 0 Å². The van der Waals surface area contributed by atoms with E-state index in [4.69, 9.17) is 0 Å². The molecule has 0 amide bonds. The van der Waals surface area contributed by atoms with Gasteiger partial charge in [-0.05, 0) is 59.7 Å². The minimum Gasteiger partial charge on any atom is -0.261 e. The molecule has 0 saturated carbocycles. The van der Waals surface area contributed by atoms with Crippen molar-refractivity contribution in [3.63, 3.8) is 0 Å². The van der Waals surface area contributed by atoms with Crippen LogP contribution < -0.4 is 0 Å². The third-order valence-electron chi connectivity index (χ3n) is 4.16.